The molecule has 0 amide bonds. The Bertz CT molecular complexity index is 731. The summed E-state index contributed by atoms with van der Waals surface area (Å²) in [5.41, 5.74) is -0.777. The van der Waals surface area contributed by atoms with Gasteiger partial charge in [-0.1, -0.05) is 20.8 Å². The minimum absolute atomic E-state index is 0.0245. The second-order valence-electron chi connectivity index (χ2n) is 6.00. The number of aromatic hydroxyl groups is 1. The maximum atomic E-state index is 12.1. The number of aryl methyl sites for hydroxylation is 1. The third-order valence-electron chi connectivity index (χ3n) is 3.07. The van der Waals surface area contributed by atoms with Crippen molar-refractivity contribution in [2.24, 2.45) is 5.41 Å². The summed E-state index contributed by atoms with van der Waals surface area (Å²) < 4.78 is 6.40. The topological polar surface area (TPSA) is 92.0 Å². The Balaban J connectivity index is 2.54. The fraction of sp³-hybridized carbons (Fsp3) is 0.400. The van der Waals surface area contributed by atoms with E-state index in [-0.39, 0.29) is 16.7 Å². The molecule has 0 aliphatic heterocycles. The standard InChI is InChI=1S/C15H17N3O3/c1-15(2,3)6-7-18-14(20)10(9-16)13(19)12(17-18)11-5-4-8-21-11/h4-5,8,19H,6-7H2,1-3H3. The van der Waals surface area contributed by atoms with Crippen molar-refractivity contribution in [3.63, 3.8) is 0 Å². The molecule has 0 saturated carbocycles. The lowest BCUT2D eigenvalue weighted by Crippen LogP contribution is -2.27. The van der Waals surface area contributed by atoms with E-state index in [4.69, 9.17) is 9.68 Å². The van der Waals surface area contributed by atoms with Gasteiger partial charge in [0.25, 0.3) is 5.56 Å². The smallest absolute Gasteiger partial charge is 0.288 e. The normalized spacial score (nSPS) is 11.3. The van der Waals surface area contributed by atoms with E-state index in [1.807, 2.05) is 0 Å². The van der Waals surface area contributed by atoms with E-state index in [1.165, 1.54) is 10.9 Å². The highest BCUT2D eigenvalue weighted by Gasteiger charge is 2.20. The number of furan rings is 1. The lowest BCUT2D eigenvalue weighted by atomic mass is 9.92. The number of nitriles is 1. The monoisotopic (exact) mass is 287 g/mol. The van der Waals surface area contributed by atoms with Crippen LogP contribution < -0.4 is 5.56 Å². The van der Waals surface area contributed by atoms with Gasteiger partial charge in [-0.3, -0.25) is 4.79 Å². The zero-order chi connectivity index (χ0) is 15.6. The first kappa shape index (κ1) is 14.9. The molecule has 6 heteroatoms. The molecule has 2 aromatic heterocycles. The molecule has 6 nitrogen and oxygen atoms in total. The zero-order valence-corrected chi connectivity index (χ0v) is 12.3. The van der Waals surface area contributed by atoms with Gasteiger partial charge in [-0.15, -0.1) is 0 Å². The largest absolute Gasteiger partial charge is 0.504 e. The van der Waals surface area contributed by atoms with E-state index < -0.39 is 11.3 Å². The molecule has 1 N–H and O–H groups in total. The molecule has 2 aromatic rings. The summed E-state index contributed by atoms with van der Waals surface area (Å²) in [6.07, 6.45) is 2.15. The number of aromatic nitrogens is 2. The minimum Gasteiger partial charge on any atom is -0.504 e. The van der Waals surface area contributed by atoms with Crippen molar-refractivity contribution in [3.8, 4) is 23.3 Å². The number of rotatable bonds is 3. The lowest BCUT2D eigenvalue weighted by molar-refractivity contribution is 0.334. The van der Waals surface area contributed by atoms with Gasteiger partial charge < -0.3 is 9.52 Å². The molecule has 2 heterocycles. The summed E-state index contributed by atoms with van der Waals surface area (Å²) in [5.74, 6) is -0.127. The molecule has 0 atom stereocenters. The van der Waals surface area contributed by atoms with Crippen molar-refractivity contribution in [3.05, 3.63) is 34.3 Å². The predicted molar refractivity (Wildman–Crippen MR) is 76.7 cm³/mol. The molecule has 0 saturated heterocycles. The van der Waals surface area contributed by atoms with E-state index in [9.17, 15) is 9.90 Å². The summed E-state index contributed by atoms with van der Waals surface area (Å²) in [6, 6.07) is 5.00. The fourth-order valence-electron chi connectivity index (χ4n) is 1.84. The van der Waals surface area contributed by atoms with Crippen LogP contribution in [0.15, 0.2) is 27.6 Å². The first-order valence-electron chi connectivity index (χ1n) is 6.61. The summed E-state index contributed by atoms with van der Waals surface area (Å²) in [6.45, 7) is 6.52. The Morgan fingerprint density at radius 2 is 2.19 bits per heavy atom. The van der Waals surface area contributed by atoms with Crippen LogP contribution >= 0.6 is 0 Å². The predicted octanol–water partition coefficient (Wildman–Crippen LogP) is 2.52. The lowest BCUT2D eigenvalue weighted by Gasteiger charge is -2.18. The quantitative estimate of drug-likeness (QED) is 0.936. The molecule has 0 aromatic carbocycles. The molecular weight excluding hydrogens is 270 g/mol. The van der Waals surface area contributed by atoms with Crippen LogP contribution in [0.2, 0.25) is 0 Å². The average molecular weight is 287 g/mol. The van der Waals surface area contributed by atoms with Crippen LogP contribution in [0, 0.1) is 16.7 Å². The maximum Gasteiger partial charge on any atom is 0.288 e. The van der Waals surface area contributed by atoms with Crippen molar-refractivity contribution in [2.45, 2.75) is 33.7 Å². The summed E-state index contributed by atoms with van der Waals surface area (Å²) in [5, 5.41) is 23.3. The van der Waals surface area contributed by atoms with Gasteiger partial charge in [0.1, 0.15) is 6.07 Å². The molecular formula is C15H17N3O3. The van der Waals surface area contributed by atoms with E-state index in [1.54, 1.807) is 18.2 Å². The van der Waals surface area contributed by atoms with Crippen LogP contribution in [-0.4, -0.2) is 14.9 Å². The molecule has 0 fully saturated rings. The number of hydrogen-bond acceptors (Lipinski definition) is 5. The van der Waals surface area contributed by atoms with E-state index >= 15 is 0 Å². The minimum atomic E-state index is -0.588. The Hall–Kier alpha value is -2.55. The van der Waals surface area contributed by atoms with Crippen molar-refractivity contribution in [1.29, 1.82) is 5.26 Å². The van der Waals surface area contributed by atoms with Gasteiger partial charge >= 0.3 is 0 Å². The van der Waals surface area contributed by atoms with Gasteiger partial charge in [0.05, 0.1) is 6.26 Å². The summed E-state index contributed by atoms with van der Waals surface area (Å²) >= 11 is 0. The van der Waals surface area contributed by atoms with Gasteiger partial charge in [-0.2, -0.15) is 10.4 Å². The molecule has 0 unspecified atom stereocenters. The highest BCUT2D eigenvalue weighted by molar-refractivity contribution is 5.64. The van der Waals surface area contributed by atoms with Crippen molar-refractivity contribution < 1.29 is 9.52 Å². The van der Waals surface area contributed by atoms with Crippen LogP contribution in [0.25, 0.3) is 11.5 Å². The van der Waals surface area contributed by atoms with Crippen molar-refractivity contribution in [2.75, 3.05) is 0 Å². The van der Waals surface area contributed by atoms with Crippen LogP contribution in [0.3, 0.4) is 0 Å². The molecule has 110 valence electrons. The number of hydrogen-bond donors (Lipinski definition) is 1. The highest BCUT2D eigenvalue weighted by atomic mass is 16.3. The van der Waals surface area contributed by atoms with E-state index in [2.05, 4.69) is 25.9 Å². The molecule has 0 radical (unpaired) electrons. The maximum absolute atomic E-state index is 12.1. The van der Waals surface area contributed by atoms with Crippen molar-refractivity contribution in [1.82, 2.24) is 9.78 Å². The van der Waals surface area contributed by atoms with Crippen molar-refractivity contribution >= 4 is 0 Å². The van der Waals surface area contributed by atoms with Gasteiger partial charge in [0, 0.05) is 6.54 Å². The molecule has 0 aliphatic rings. The number of nitrogens with zero attached hydrogens (tertiary/aromatic N) is 3. The summed E-state index contributed by atoms with van der Waals surface area (Å²) in [4.78, 5) is 12.1. The fourth-order valence-corrected chi connectivity index (χ4v) is 1.84. The molecule has 0 spiro atoms. The Morgan fingerprint density at radius 1 is 1.48 bits per heavy atom. The zero-order valence-electron chi connectivity index (χ0n) is 12.3. The summed E-state index contributed by atoms with van der Waals surface area (Å²) in [7, 11) is 0. The Labute approximate surface area is 122 Å². The molecule has 2 rings (SSSR count). The van der Waals surface area contributed by atoms with Crippen LogP contribution in [0.1, 0.15) is 32.8 Å². The van der Waals surface area contributed by atoms with Crippen LogP contribution in [0.5, 0.6) is 5.75 Å². The van der Waals surface area contributed by atoms with Crippen LogP contribution in [-0.2, 0) is 6.54 Å². The molecule has 0 bridgehead atoms. The second kappa shape index (κ2) is 5.44. The first-order valence-corrected chi connectivity index (χ1v) is 6.61. The van der Waals surface area contributed by atoms with Gasteiger partial charge in [0.15, 0.2) is 22.8 Å². The third-order valence-corrected chi connectivity index (χ3v) is 3.07. The van der Waals surface area contributed by atoms with E-state index in [0.717, 1.165) is 0 Å². The highest BCUT2D eigenvalue weighted by Crippen LogP contribution is 2.28. The Kier molecular flexibility index (Phi) is 3.85. The van der Waals surface area contributed by atoms with Gasteiger partial charge in [-0.25, -0.2) is 4.68 Å². The molecule has 0 aliphatic carbocycles. The average Bonchev–Trinajstić information content (AvgIpc) is 2.91. The van der Waals surface area contributed by atoms with Gasteiger partial charge in [0.2, 0.25) is 0 Å². The van der Waals surface area contributed by atoms with Crippen LogP contribution in [0.4, 0.5) is 0 Å². The first-order chi connectivity index (χ1) is 9.83. The van der Waals surface area contributed by atoms with Gasteiger partial charge in [-0.05, 0) is 24.0 Å². The van der Waals surface area contributed by atoms with E-state index in [0.29, 0.717) is 18.7 Å². The SMILES string of the molecule is CC(C)(C)CCn1nc(-c2ccco2)c(O)c(C#N)c1=O. The third kappa shape index (κ3) is 3.14. The molecule has 21 heavy (non-hydrogen) atoms. The second-order valence-corrected chi connectivity index (χ2v) is 6.00. The Morgan fingerprint density at radius 3 is 2.71 bits per heavy atom.